The number of nitrogens with two attached hydrogens (primary N) is 1. The summed E-state index contributed by atoms with van der Waals surface area (Å²) in [5, 5.41) is 0. The Morgan fingerprint density at radius 3 is 2.81 bits per heavy atom. The third-order valence-corrected chi connectivity index (χ3v) is 3.66. The smallest absolute Gasteiger partial charge is 0.104 e. The summed E-state index contributed by atoms with van der Waals surface area (Å²) < 4.78 is 0. The highest BCUT2D eigenvalue weighted by Gasteiger charge is 2.33. The Kier molecular flexibility index (Phi) is 2.04. The maximum Gasteiger partial charge on any atom is 0.104 e. The van der Waals surface area contributed by atoms with Crippen LogP contribution in [0, 0.1) is 6.92 Å². The van der Waals surface area contributed by atoms with E-state index in [1.54, 1.807) is 0 Å². The molecule has 1 aromatic carbocycles. The molecule has 0 bridgehead atoms. The number of aromatic nitrogens is 2. The second-order valence-corrected chi connectivity index (χ2v) is 4.89. The van der Waals surface area contributed by atoms with E-state index in [2.05, 4.69) is 28.2 Å². The van der Waals surface area contributed by atoms with Crippen molar-refractivity contribution in [3.63, 3.8) is 0 Å². The molecule has 0 amide bonds. The van der Waals surface area contributed by atoms with E-state index in [-0.39, 0.29) is 5.54 Å². The largest absolute Gasteiger partial charge is 0.342 e. The van der Waals surface area contributed by atoms with Crippen LogP contribution in [0.2, 0.25) is 0 Å². The van der Waals surface area contributed by atoms with E-state index in [0.717, 1.165) is 29.7 Å². The van der Waals surface area contributed by atoms with Crippen molar-refractivity contribution < 1.29 is 0 Å². The van der Waals surface area contributed by atoms with Gasteiger partial charge in [-0.2, -0.15) is 0 Å². The number of imidazole rings is 1. The molecule has 1 heterocycles. The summed E-state index contributed by atoms with van der Waals surface area (Å²) in [6.07, 6.45) is 4.63. The first-order valence-electron chi connectivity index (χ1n) is 5.94. The molecule has 16 heavy (non-hydrogen) atoms. The quantitative estimate of drug-likeness (QED) is 0.768. The molecule has 1 aromatic heterocycles. The van der Waals surface area contributed by atoms with Crippen LogP contribution in [-0.4, -0.2) is 9.97 Å². The summed E-state index contributed by atoms with van der Waals surface area (Å²) in [5.41, 5.74) is 9.73. The van der Waals surface area contributed by atoms with Gasteiger partial charge in [-0.3, -0.25) is 0 Å². The number of aromatic amines is 1. The molecule has 1 fully saturated rings. The summed E-state index contributed by atoms with van der Waals surface area (Å²) in [4.78, 5) is 7.84. The van der Waals surface area contributed by atoms with Crippen LogP contribution in [0.3, 0.4) is 0 Å². The number of benzene rings is 1. The standard InChI is InChI=1S/C13H17N3/c1-9-15-11-6-4-5-10(12(11)16-9)13(14)7-2-3-8-13/h4-6H,2-3,7-8,14H2,1H3,(H,15,16). The van der Waals surface area contributed by atoms with Gasteiger partial charge in [0.25, 0.3) is 0 Å². The summed E-state index contributed by atoms with van der Waals surface area (Å²) in [7, 11) is 0. The number of nitrogens with one attached hydrogen (secondary N) is 1. The van der Waals surface area contributed by atoms with Crippen molar-refractivity contribution in [1.29, 1.82) is 0 Å². The van der Waals surface area contributed by atoms with Gasteiger partial charge in [-0.15, -0.1) is 0 Å². The van der Waals surface area contributed by atoms with Crippen LogP contribution in [0.25, 0.3) is 11.0 Å². The van der Waals surface area contributed by atoms with Crippen molar-refractivity contribution in [3.8, 4) is 0 Å². The first-order valence-corrected chi connectivity index (χ1v) is 5.94. The number of nitrogens with zero attached hydrogens (tertiary/aromatic N) is 1. The number of H-pyrrole nitrogens is 1. The van der Waals surface area contributed by atoms with E-state index >= 15 is 0 Å². The van der Waals surface area contributed by atoms with Gasteiger partial charge in [0.2, 0.25) is 0 Å². The number of aryl methyl sites for hydroxylation is 1. The fraction of sp³-hybridized carbons (Fsp3) is 0.462. The van der Waals surface area contributed by atoms with Gasteiger partial charge >= 0.3 is 0 Å². The monoisotopic (exact) mass is 215 g/mol. The number of hydrogen-bond donors (Lipinski definition) is 2. The van der Waals surface area contributed by atoms with Crippen molar-refractivity contribution in [3.05, 3.63) is 29.6 Å². The number of fused-ring (bicyclic) bond motifs is 1. The Bertz CT molecular complexity index is 521. The molecular weight excluding hydrogens is 198 g/mol. The van der Waals surface area contributed by atoms with Crippen molar-refractivity contribution in [2.24, 2.45) is 5.73 Å². The van der Waals surface area contributed by atoms with Crippen LogP contribution in [0.5, 0.6) is 0 Å². The zero-order valence-electron chi connectivity index (χ0n) is 9.59. The molecule has 3 nitrogen and oxygen atoms in total. The first-order chi connectivity index (χ1) is 7.69. The third-order valence-electron chi connectivity index (χ3n) is 3.66. The minimum atomic E-state index is -0.152. The molecule has 0 aliphatic heterocycles. The molecule has 3 N–H and O–H groups in total. The van der Waals surface area contributed by atoms with E-state index in [4.69, 9.17) is 5.73 Å². The van der Waals surface area contributed by atoms with E-state index < -0.39 is 0 Å². The lowest BCUT2D eigenvalue weighted by atomic mass is 9.88. The summed E-state index contributed by atoms with van der Waals surface area (Å²) in [6.45, 7) is 1.99. The Balaban J connectivity index is 2.22. The lowest BCUT2D eigenvalue weighted by Crippen LogP contribution is -2.33. The van der Waals surface area contributed by atoms with Gasteiger partial charge < -0.3 is 10.7 Å². The van der Waals surface area contributed by atoms with Crippen LogP contribution >= 0.6 is 0 Å². The SMILES string of the molecule is Cc1nc2c(C3(N)CCCC3)cccc2[nH]1. The topological polar surface area (TPSA) is 54.7 Å². The number of hydrogen-bond acceptors (Lipinski definition) is 2. The third kappa shape index (κ3) is 1.35. The molecule has 3 heteroatoms. The molecule has 0 saturated heterocycles. The van der Waals surface area contributed by atoms with Crippen molar-refractivity contribution in [2.45, 2.75) is 38.1 Å². The molecule has 0 radical (unpaired) electrons. The molecular formula is C13H17N3. The average Bonchev–Trinajstić information content (AvgIpc) is 2.83. The predicted molar refractivity (Wildman–Crippen MR) is 65.2 cm³/mol. The lowest BCUT2D eigenvalue weighted by molar-refractivity contribution is 0.465. The second-order valence-electron chi connectivity index (χ2n) is 4.89. The van der Waals surface area contributed by atoms with Crippen molar-refractivity contribution in [1.82, 2.24) is 9.97 Å². The molecule has 1 aliphatic carbocycles. The highest BCUT2D eigenvalue weighted by atomic mass is 14.9. The van der Waals surface area contributed by atoms with Crippen LogP contribution in [0.4, 0.5) is 0 Å². The predicted octanol–water partition coefficient (Wildman–Crippen LogP) is 2.60. The van der Waals surface area contributed by atoms with E-state index in [1.165, 1.54) is 18.4 Å². The van der Waals surface area contributed by atoms with Crippen LogP contribution < -0.4 is 5.73 Å². The molecule has 0 atom stereocenters. The summed E-state index contributed by atoms with van der Waals surface area (Å²) in [6, 6.07) is 6.27. The van der Waals surface area contributed by atoms with E-state index in [9.17, 15) is 0 Å². The van der Waals surface area contributed by atoms with Gasteiger partial charge in [-0.1, -0.05) is 25.0 Å². The lowest BCUT2D eigenvalue weighted by Gasteiger charge is -2.24. The fourth-order valence-electron chi connectivity index (χ4n) is 2.83. The van der Waals surface area contributed by atoms with Gasteiger partial charge in [-0.25, -0.2) is 4.98 Å². The molecule has 3 rings (SSSR count). The van der Waals surface area contributed by atoms with Gasteiger partial charge in [0.05, 0.1) is 11.0 Å². The molecule has 0 unspecified atom stereocenters. The molecule has 1 saturated carbocycles. The maximum atomic E-state index is 6.50. The van der Waals surface area contributed by atoms with Gasteiger partial charge in [-0.05, 0) is 31.4 Å². The second kappa shape index (κ2) is 3.32. The molecule has 2 aromatic rings. The number of para-hydroxylation sites is 1. The van der Waals surface area contributed by atoms with Crippen LogP contribution in [0.15, 0.2) is 18.2 Å². The van der Waals surface area contributed by atoms with Crippen LogP contribution in [0.1, 0.15) is 37.1 Å². The zero-order chi connectivity index (χ0) is 11.2. The molecule has 1 aliphatic rings. The Morgan fingerprint density at radius 2 is 2.06 bits per heavy atom. The van der Waals surface area contributed by atoms with Gasteiger partial charge in [0, 0.05) is 5.54 Å². The van der Waals surface area contributed by atoms with Gasteiger partial charge in [0.15, 0.2) is 0 Å². The Labute approximate surface area is 95.1 Å². The Hall–Kier alpha value is -1.35. The summed E-state index contributed by atoms with van der Waals surface area (Å²) in [5.74, 6) is 0.962. The maximum absolute atomic E-state index is 6.50. The summed E-state index contributed by atoms with van der Waals surface area (Å²) >= 11 is 0. The van der Waals surface area contributed by atoms with E-state index in [1.807, 2.05) is 6.92 Å². The van der Waals surface area contributed by atoms with E-state index in [0.29, 0.717) is 0 Å². The van der Waals surface area contributed by atoms with Crippen molar-refractivity contribution in [2.75, 3.05) is 0 Å². The Morgan fingerprint density at radius 1 is 1.31 bits per heavy atom. The van der Waals surface area contributed by atoms with Crippen LogP contribution in [-0.2, 0) is 5.54 Å². The highest BCUT2D eigenvalue weighted by Crippen LogP contribution is 2.38. The minimum absolute atomic E-state index is 0.152. The minimum Gasteiger partial charge on any atom is -0.342 e. The van der Waals surface area contributed by atoms with Gasteiger partial charge in [0.1, 0.15) is 5.82 Å². The molecule has 0 spiro atoms. The zero-order valence-corrected chi connectivity index (χ0v) is 9.59. The van der Waals surface area contributed by atoms with Crippen molar-refractivity contribution >= 4 is 11.0 Å². The highest BCUT2D eigenvalue weighted by molar-refractivity contribution is 5.80. The molecule has 84 valence electrons. The average molecular weight is 215 g/mol. The fourth-order valence-corrected chi connectivity index (χ4v) is 2.83. The normalized spacial score (nSPS) is 19.4. The number of rotatable bonds is 1. The first kappa shape index (κ1) is 9.85.